The Morgan fingerprint density at radius 1 is 1.33 bits per heavy atom. The van der Waals surface area contributed by atoms with Gasteiger partial charge in [-0.05, 0) is 25.9 Å². The number of hydrogen-bond donors (Lipinski definition) is 1. The molecule has 0 radical (unpaired) electrons. The van der Waals surface area contributed by atoms with Crippen molar-refractivity contribution in [3.05, 3.63) is 11.7 Å². The van der Waals surface area contributed by atoms with Crippen molar-refractivity contribution in [2.45, 2.75) is 25.4 Å². The van der Waals surface area contributed by atoms with Crippen LogP contribution in [0.4, 0.5) is 0 Å². The van der Waals surface area contributed by atoms with E-state index < -0.39 is 0 Å². The fourth-order valence-electron chi connectivity index (χ4n) is 1.87. The molecule has 2 rings (SSSR count). The third-order valence-electron chi connectivity index (χ3n) is 2.85. The first-order chi connectivity index (χ1) is 8.40. The molecule has 7 heteroatoms. The van der Waals surface area contributed by atoms with Gasteiger partial charge in [-0.1, -0.05) is 5.16 Å². The summed E-state index contributed by atoms with van der Waals surface area (Å²) in [4.78, 5) is 4.36. The molecule has 6 nitrogen and oxygen atoms in total. The normalized spacial score (nSPS) is 16.5. The van der Waals surface area contributed by atoms with Crippen molar-refractivity contribution in [2.75, 3.05) is 33.4 Å². The molecule has 1 saturated heterocycles. The van der Waals surface area contributed by atoms with Crippen LogP contribution in [0.25, 0.3) is 0 Å². The van der Waals surface area contributed by atoms with E-state index in [2.05, 4.69) is 15.5 Å². The van der Waals surface area contributed by atoms with Gasteiger partial charge in [0.15, 0.2) is 5.82 Å². The molecule has 1 aromatic heterocycles. The number of nitrogens with zero attached hydrogens (tertiary/aromatic N) is 2. The van der Waals surface area contributed by atoms with Crippen LogP contribution in [-0.2, 0) is 16.1 Å². The maximum Gasteiger partial charge on any atom is 0.252 e. The molecule has 1 aromatic rings. The second kappa shape index (κ2) is 8.42. The van der Waals surface area contributed by atoms with Crippen LogP contribution in [0.15, 0.2) is 4.52 Å². The van der Waals surface area contributed by atoms with Crippen molar-refractivity contribution in [2.24, 2.45) is 0 Å². The standard InChI is InChI=1S/C11H19N3O3.ClH/c1-15-6-7-16-8-10-13-11(14-17-10)9-2-4-12-5-3-9;/h9,12H,2-8H2,1H3;1H. The van der Waals surface area contributed by atoms with Gasteiger partial charge < -0.3 is 19.3 Å². The van der Waals surface area contributed by atoms with Crippen LogP contribution in [0.3, 0.4) is 0 Å². The lowest BCUT2D eigenvalue weighted by molar-refractivity contribution is 0.0494. The molecule has 0 aromatic carbocycles. The summed E-state index contributed by atoms with van der Waals surface area (Å²) in [5.41, 5.74) is 0. The maximum absolute atomic E-state index is 5.33. The topological polar surface area (TPSA) is 69.4 Å². The summed E-state index contributed by atoms with van der Waals surface area (Å²) in [6.07, 6.45) is 2.15. The summed E-state index contributed by atoms with van der Waals surface area (Å²) in [6.45, 7) is 3.54. The average molecular weight is 278 g/mol. The molecule has 0 amide bonds. The Balaban J connectivity index is 0.00000162. The summed E-state index contributed by atoms with van der Waals surface area (Å²) in [5, 5.41) is 7.33. The lowest BCUT2D eigenvalue weighted by Crippen LogP contribution is -2.27. The molecule has 104 valence electrons. The van der Waals surface area contributed by atoms with Gasteiger partial charge >= 0.3 is 0 Å². The maximum atomic E-state index is 5.33. The highest BCUT2D eigenvalue weighted by Gasteiger charge is 2.20. The Labute approximate surface area is 113 Å². The molecule has 0 unspecified atom stereocenters. The van der Waals surface area contributed by atoms with E-state index in [1.807, 2.05) is 0 Å². The van der Waals surface area contributed by atoms with Gasteiger partial charge in [0.25, 0.3) is 5.89 Å². The van der Waals surface area contributed by atoms with Crippen molar-refractivity contribution in [3.8, 4) is 0 Å². The van der Waals surface area contributed by atoms with E-state index in [0.717, 1.165) is 31.8 Å². The van der Waals surface area contributed by atoms with Gasteiger partial charge in [0, 0.05) is 13.0 Å². The summed E-state index contributed by atoms with van der Waals surface area (Å²) in [6, 6.07) is 0. The highest BCUT2D eigenvalue weighted by molar-refractivity contribution is 5.85. The molecule has 18 heavy (non-hydrogen) atoms. The van der Waals surface area contributed by atoms with E-state index in [-0.39, 0.29) is 12.4 Å². The second-order valence-corrected chi connectivity index (χ2v) is 4.12. The Morgan fingerprint density at radius 2 is 2.11 bits per heavy atom. The van der Waals surface area contributed by atoms with E-state index >= 15 is 0 Å². The van der Waals surface area contributed by atoms with Crippen LogP contribution in [0.1, 0.15) is 30.5 Å². The molecule has 2 heterocycles. The fourth-order valence-corrected chi connectivity index (χ4v) is 1.87. The van der Waals surface area contributed by atoms with Crippen molar-refractivity contribution in [3.63, 3.8) is 0 Å². The average Bonchev–Trinajstić information content (AvgIpc) is 2.85. The van der Waals surface area contributed by atoms with Gasteiger partial charge in [0.2, 0.25) is 0 Å². The van der Waals surface area contributed by atoms with Gasteiger partial charge in [-0.25, -0.2) is 0 Å². The van der Waals surface area contributed by atoms with Crippen molar-refractivity contribution in [1.29, 1.82) is 0 Å². The molecule has 1 N–H and O–H groups in total. The minimum atomic E-state index is 0. The van der Waals surface area contributed by atoms with Gasteiger partial charge in [0.1, 0.15) is 6.61 Å². The molecule has 0 spiro atoms. The number of piperidine rings is 1. The van der Waals surface area contributed by atoms with Crippen LogP contribution in [0.2, 0.25) is 0 Å². The summed E-state index contributed by atoms with van der Waals surface area (Å²) in [7, 11) is 1.64. The van der Waals surface area contributed by atoms with E-state index in [4.69, 9.17) is 14.0 Å². The molecule has 1 fully saturated rings. The highest BCUT2D eigenvalue weighted by Crippen LogP contribution is 2.22. The second-order valence-electron chi connectivity index (χ2n) is 4.12. The minimum Gasteiger partial charge on any atom is -0.382 e. The first kappa shape index (κ1) is 15.4. The summed E-state index contributed by atoms with van der Waals surface area (Å²) in [5.74, 6) is 1.79. The van der Waals surface area contributed by atoms with Crippen LogP contribution in [0, 0.1) is 0 Å². The first-order valence-electron chi connectivity index (χ1n) is 6.00. The number of methoxy groups -OCH3 is 1. The van der Waals surface area contributed by atoms with Crippen LogP contribution in [-0.4, -0.2) is 43.6 Å². The van der Waals surface area contributed by atoms with Crippen LogP contribution in [0.5, 0.6) is 0 Å². The molecule has 0 aliphatic carbocycles. The van der Waals surface area contributed by atoms with Crippen molar-refractivity contribution < 1.29 is 14.0 Å². The Morgan fingerprint density at radius 3 is 2.83 bits per heavy atom. The van der Waals surface area contributed by atoms with Gasteiger partial charge in [0.05, 0.1) is 13.2 Å². The SMILES string of the molecule is COCCOCc1nc(C2CCNCC2)no1.Cl. The number of nitrogens with one attached hydrogen (secondary N) is 1. The summed E-state index contributed by atoms with van der Waals surface area (Å²) >= 11 is 0. The van der Waals surface area contributed by atoms with Gasteiger partial charge in [-0.15, -0.1) is 12.4 Å². The van der Waals surface area contributed by atoms with Crippen molar-refractivity contribution >= 4 is 12.4 Å². The Bertz CT molecular complexity index is 329. The van der Waals surface area contributed by atoms with Crippen LogP contribution >= 0.6 is 12.4 Å². The quantitative estimate of drug-likeness (QED) is 0.786. The van der Waals surface area contributed by atoms with E-state index in [1.165, 1.54) is 0 Å². The molecule has 0 saturated carbocycles. The number of aromatic nitrogens is 2. The summed E-state index contributed by atoms with van der Waals surface area (Å²) < 4.78 is 15.4. The number of hydrogen-bond acceptors (Lipinski definition) is 6. The molecule has 0 atom stereocenters. The zero-order valence-corrected chi connectivity index (χ0v) is 11.4. The molecule has 1 aliphatic rings. The predicted molar refractivity (Wildman–Crippen MR) is 67.9 cm³/mol. The molecule has 0 bridgehead atoms. The monoisotopic (exact) mass is 277 g/mol. The number of rotatable bonds is 6. The third kappa shape index (κ3) is 4.53. The zero-order chi connectivity index (χ0) is 11.9. The lowest BCUT2D eigenvalue weighted by Gasteiger charge is -2.18. The first-order valence-corrected chi connectivity index (χ1v) is 6.00. The Hall–Kier alpha value is -0.690. The largest absolute Gasteiger partial charge is 0.382 e. The van der Waals surface area contributed by atoms with E-state index in [9.17, 15) is 0 Å². The molecular formula is C11H20ClN3O3. The number of halogens is 1. The zero-order valence-electron chi connectivity index (χ0n) is 10.6. The number of ether oxygens (including phenoxy) is 2. The van der Waals surface area contributed by atoms with E-state index in [1.54, 1.807) is 7.11 Å². The third-order valence-corrected chi connectivity index (χ3v) is 2.85. The lowest BCUT2D eigenvalue weighted by atomic mass is 9.98. The van der Waals surface area contributed by atoms with Gasteiger partial charge in [-0.3, -0.25) is 0 Å². The molecular weight excluding hydrogens is 258 g/mol. The Kier molecular flexibility index (Phi) is 7.19. The van der Waals surface area contributed by atoms with Gasteiger partial charge in [-0.2, -0.15) is 4.98 Å². The van der Waals surface area contributed by atoms with Crippen molar-refractivity contribution in [1.82, 2.24) is 15.5 Å². The predicted octanol–water partition coefficient (Wildman–Crippen LogP) is 1.12. The van der Waals surface area contributed by atoms with E-state index in [0.29, 0.717) is 31.6 Å². The van der Waals surface area contributed by atoms with Crippen LogP contribution < -0.4 is 5.32 Å². The smallest absolute Gasteiger partial charge is 0.252 e. The fraction of sp³-hybridized carbons (Fsp3) is 0.818. The highest BCUT2D eigenvalue weighted by atomic mass is 35.5. The minimum absolute atomic E-state index is 0. The molecule has 1 aliphatic heterocycles.